The zero-order valence-electron chi connectivity index (χ0n) is 16.3. The van der Waals surface area contributed by atoms with Crippen LogP contribution in [0, 0.1) is 17.0 Å². The molecule has 0 unspecified atom stereocenters. The molecule has 29 heavy (non-hydrogen) atoms. The van der Waals surface area contributed by atoms with Crippen molar-refractivity contribution in [1.82, 2.24) is 9.66 Å². The zero-order chi connectivity index (χ0) is 20.9. The third-order valence-electron chi connectivity index (χ3n) is 5.16. The average Bonchev–Trinajstić information content (AvgIpc) is 3.04. The van der Waals surface area contributed by atoms with Crippen molar-refractivity contribution in [3.8, 4) is 0 Å². The van der Waals surface area contributed by atoms with E-state index in [-0.39, 0.29) is 16.7 Å². The van der Waals surface area contributed by atoms with Gasteiger partial charge in [0.15, 0.2) is 0 Å². The first-order chi connectivity index (χ1) is 13.7. The van der Waals surface area contributed by atoms with E-state index in [0.717, 1.165) is 32.7 Å². The number of aromatic nitrogens is 2. The highest BCUT2D eigenvalue weighted by Gasteiger charge is 2.32. The van der Waals surface area contributed by atoms with Crippen LogP contribution in [0.25, 0.3) is 22.4 Å². The van der Waals surface area contributed by atoms with Crippen molar-refractivity contribution in [2.45, 2.75) is 32.6 Å². The summed E-state index contributed by atoms with van der Waals surface area (Å²) in [4.78, 5) is 29.5. The van der Waals surface area contributed by atoms with Gasteiger partial charge in [0.1, 0.15) is 10.7 Å². The highest BCUT2D eigenvalue weighted by Crippen LogP contribution is 2.45. The standard InChI is InChI=1S/C21H20N4O3S/c1-12-23-19-17(20(26)24(12)22)16-10-14(11-21(2,3)18(16)29-19)5-4-13-6-8-15(9-7-13)25(27)28/h4-10H,11,22H2,1-3H3/b5-4+. The summed E-state index contributed by atoms with van der Waals surface area (Å²) in [6, 6.07) is 6.41. The number of nitro benzene ring substituents is 1. The van der Waals surface area contributed by atoms with E-state index in [1.54, 1.807) is 30.4 Å². The molecule has 148 valence electrons. The average molecular weight is 408 g/mol. The van der Waals surface area contributed by atoms with Crippen LogP contribution in [0.5, 0.6) is 0 Å². The predicted octanol–water partition coefficient (Wildman–Crippen LogP) is 4.17. The summed E-state index contributed by atoms with van der Waals surface area (Å²) < 4.78 is 1.09. The smallest absolute Gasteiger partial charge is 0.281 e. The molecule has 0 atom stereocenters. The number of nitro groups is 1. The number of allylic oxidation sites excluding steroid dienone is 2. The van der Waals surface area contributed by atoms with Gasteiger partial charge in [0.25, 0.3) is 11.2 Å². The Morgan fingerprint density at radius 3 is 2.62 bits per heavy atom. The minimum Gasteiger partial charge on any atom is -0.335 e. The van der Waals surface area contributed by atoms with Gasteiger partial charge in [-0.1, -0.05) is 26.0 Å². The van der Waals surface area contributed by atoms with Gasteiger partial charge in [-0.25, -0.2) is 9.66 Å². The fourth-order valence-electron chi connectivity index (χ4n) is 3.67. The van der Waals surface area contributed by atoms with E-state index in [4.69, 9.17) is 5.84 Å². The topological polar surface area (TPSA) is 104 Å². The number of hydrogen-bond acceptors (Lipinski definition) is 6. The van der Waals surface area contributed by atoms with E-state index in [0.29, 0.717) is 16.0 Å². The number of nitrogen functional groups attached to an aromatic ring is 1. The number of nitrogens with two attached hydrogens (primary N) is 1. The van der Waals surface area contributed by atoms with Crippen LogP contribution in [0.1, 0.15) is 42.1 Å². The van der Waals surface area contributed by atoms with Crippen molar-refractivity contribution in [2.75, 3.05) is 5.84 Å². The Balaban J connectivity index is 1.79. The molecule has 1 aromatic carbocycles. The Bertz CT molecular complexity index is 1260. The fraction of sp³-hybridized carbons (Fsp3) is 0.238. The van der Waals surface area contributed by atoms with Gasteiger partial charge < -0.3 is 5.84 Å². The van der Waals surface area contributed by atoms with E-state index >= 15 is 0 Å². The molecule has 0 radical (unpaired) electrons. The monoisotopic (exact) mass is 408 g/mol. The molecule has 8 heteroatoms. The van der Waals surface area contributed by atoms with Gasteiger partial charge in [-0.2, -0.15) is 0 Å². The van der Waals surface area contributed by atoms with Gasteiger partial charge in [-0.15, -0.1) is 11.3 Å². The second kappa shape index (κ2) is 6.66. The zero-order valence-corrected chi connectivity index (χ0v) is 17.1. The van der Waals surface area contributed by atoms with Crippen molar-refractivity contribution >= 4 is 39.4 Å². The Labute approximate surface area is 170 Å². The largest absolute Gasteiger partial charge is 0.335 e. The Hall–Kier alpha value is -3.26. The lowest BCUT2D eigenvalue weighted by Gasteiger charge is -2.29. The number of benzene rings is 1. The summed E-state index contributed by atoms with van der Waals surface area (Å²) >= 11 is 1.55. The first kappa shape index (κ1) is 19.1. The fourth-order valence-corrected chi connectivity index (χ4v) is 4.96. The minimum atomic E-state index is -0.414. The molecule has 4 rings (SSSR count). The van der Waals surface area contributed by atoms with E-state index in [1.807, 2.05) is 18.2 Å². The summed E-state index contributed by atoms with van der Waals surface area (Å²) in [5.74, 6) is 6.36. The first-order valence-corrected chi connectivity index (χ1v) is 9.94. The molecule has 0 spiro atoms. The van der Waals surface area contributed by atoms with E-state index < -0.39 is 4.92 Å². The molecule has 0 saturated carbocycles. The maximum Gasteiger partial charge on any atom is 0.281 e. The molecular weight excluding hydrogens is 388 g/mol. The molecule has 0 saturated heterocycles. The highest BCUT2D eigenvalue weighted by molar-refractivity contribution is 7.19. The maximum atomic E-state index is 12.8. The number of nitrogens with zero attached hydrogens (tertiary/aromatic N) is 3. The van der Waals surface area contributed by atoms with Crippen molar-refractivity contribution in [3.63, 3.8) is 0 Å². The molecule has 0 aliphatic heterocycles. The van der Waals surface area contributed by atoms with Crippen molar-refractivity contribution in [1.29, 1.82) is 0 Å². The molecule has 1 aliphatic rings. The number of thiophene rings is 1. The number of non-ortho nitro benzene ring substituents is 1. The van der Waals surface area contributed by atoms with Gasteiger partial charge in [0, 0.05) is 28.0 Å². The Morgan fingerprint density at radius 1 is 1.28 bits per heavy atom. The Morgan fingerprint density at radius 2 is 1.97 bits per heavy atom. The normalized spacial score (nSPS) is 15.5. The second-order valence-electron chi connectivity index (χ2n) is 7.82. The predicted molar refractivity (Wildman–Crippen MR) is 117 cm³/mol. The number of hydrogen-bond donors (Lipinski definition) is 1. The highest BCUT2D eigenvalue weighted by atomic mass is 32.1. The lowest BCUT2D eigenvalue weighted by molar-refractivity contribution is -0.384. The number of aryl methyl sites for hydroxylation is 1. The maximum absolute atomic E-state index is 12.8. The summed E-state index contributed by atoms with van der Waals surface area (Å²) in [5, 5.41) is 11.4. The van der Waals surface area contributed by atoms with Crippen molar-refractivity contribution in [3.05, 3.63) is 78.2 Å². The molecule has 2 N–H and O–H groups in total. The van der Waals surface area contributed by atoms with Gasteiger partial charge in [0.2, 0.25) is 0 Å². The van der Waals surface area contributed by atoms with E-state index in [1.165, 1.54) is 12.1 Å². The molecular formula is C21H20N4O3S. The van der Waals surface area contributed by atoms with E-state index in [9.17, 15) is 14.9 Å². The van der Waals surface area contributed by atoms with Crippen molar-refractivity contribution in [2.24, 2.45) is 0 Å². The van der Waals surface area contributed by atoms with Crippen LogP contribution >= 0.6 is 11.3 Å². The lowest BCUT2D eigenvalue weighted by Crippen LogP contribution is -2.30. The summed E-state index contributed by atoms with van der Waals surface area (Å²) in [7, 11) is 0. The molecule has 0 bridgehead atoms. The SMILES string of the molecule is Cc1nc2sc3c(c2c(=O)n1N)C=C(/C=C/c1ccc([N+](=O)[O-])cc1)CC3(C)C. The quantitative estimate of drug-likeness (QED) is 0.398. The summed E-state index contributed by atoms with van der Waals surface area (Å²) in [6.45, 7) is 6.03. The van der Waals surface area contributed by atoms with Gasteiger partial charge in [-0.05, 0) is 42.7 Å². The molecule has 3 aromatic rings. The molecule has 1 aliphatic carbocycles. The van der Waals surface area contributed by atoms with Crippen LogP contribution in [0.15, 0.2) is 40.7 Å². The lowest BCUT2D eigenvalue weighted by atomic mass is 9.77. The minimum absolute atomic E-state index is 0.0652. The van der Waals surface area contributed by atoms with E-state index in [2.05, 4.69) is 18.8 Å². The van der Waals surface area contributed by atoms with Crippen LogP contribution in [0.3, 0.4) is 0 Å². The number of rotatable bonds is 3. The molecule has 0 amide bonds. The second-order valence-corrected chi connectivity index (χ2v) is 8.82. The third-order valence-corrected chi connectivity index (χ3v) is 6.62. The van der Waals surface area contributed by atoms with Crippen LogP contribution < -0.4 is 11.4 Å². The molecule has 2 aromatic heterocycles. The molecule has 7 nitrogen and oxygen atoms in total. The Kier molecular flexibility index (Phi) is 4.38. The summed E-state index contributed by atoms with van der Waals surface area (Å²) in [6.07, 6.45) is 6.76. The van der Waals surface area contributed by atoms with Gasteiger partial charge in [0.05, 0.1) is 10.3 Å². The number of fused-ring (bicyclic) bond motifs is 3. The van der Waals surface area contributed by atoms with Gasteiger partial charge in [-0.3, -0.25) is 14.9 Å². The first-order valence-electron chi connectivity index (χ1n) is 9.12. The van der Waals surface area contributed by atoms with Crippen molar-refractivity contribution < 1.29 is 4.92 Å². The van der Waals surface area contributed by atoms with Crippen LogP contribution in [0.2, 0.25) is 0 Å². The van der Waals surface area contributed by atoms with Crippen LogP contribution in [0.4, 0.5) is 5.69 Å². The van der Waals surface area contributed by atoms with Crippen LogP contribution in [-0.4, -0.2) is 14.6 Å². The van der Waals surface area contributed by atoms with Crippen LogP contribution in [-0.2, 0) is 5.41 Å². The molecule has 0 fully saturated rings. The third kappa shape index (κ3) is 3.25. The summed E-state index contributed by atoms with van der Waals surface area (Å²) in [5.41, 5.74) is 2.51. The van der Waals surface area contributed by atoms with Gasteiger partial charge >= 0.3 is 0 Å². The molecule has 2 heterocycles.